The van der Waals surface area contributed by atoms with Crippen LogP contribution in [0.5, 0.6) is 0 Å². The maximum Gasteiger partial charge on any atom is 0.312 e. The maximum absolute atomic E-state index is 11.9. The summed E-state index contributed by atoms with van der Waals surface area (Å²) in [6.07, 6.45) is 5.57. The van der Waals surface area contributed by atoms with Gasteiger partial charge in [-0.2, -0.15) is 5.10 Å². The molecule has 1 atom stereocenters. The van der Waals surface area contributed by atoms with Gasteiger partial charge in [-0.05, 0) is 12.1 Å². The monoisotopic (exact) mass is 340 g/mol. The second-order valence-electron chi connectivity index (χ2n) is 6.51. The molecule has 0 aromatic carbocycles. The van der Waals surface area contributed by atoms with Crippen LogP contribution in [-0.4, -0.2) is 68.6 Å². The van der Waals surface area contributed by atoms with Crippen LogP contribution in [0.3, 0.4) is 0 Å². The second kappa shape index (κ2) is 6.29. The molecular formula is C17H20N6O2. The molecule has 2 aliphatic rings. The summed E-state index contributed by atoms with van der Waals surface area (Å²) in [7, 11) is 1.92. The van der Waals surface area contributed by atoms with E-state index in [9.17, 15) is 9.59 Å². The highest BCUT2D eigenvalue weighted by Crippen LogP contribution is 2.24. The van der Waals surface area contributed by atoms with Gasteiger partial charge in [0.05, 0.1) is 11.7 Å². The van der Waals surface area contributed by atoms with E-state index in [1.54, 1.807) is 17.3 Å². The minimum absolute atomic E-state index is 0.0417. The molecule has 2 aliphatic heterocycles. The van der Waals surface area contributed by atoms with Crippen LogP contribution in [0.4, 0.5) is 0 Å². The highest BCUT2D eigenvalue weighted by Gasteiger charge is 2.37. The molecule has 2 fully saturated rings. The predicted molar refractivity (Wildman–Crippen MR) is 90.2 cm³/mol. The van der Waals surface area contributed by atoms with E-state index in [1.165, 1.54) is 0 Å². The molecule has 8 nitrogen and oxygen atoms in total. The number of aromatic nitrogens is 3. The molecule has 130 valence electrons. The van der Waals surface area contributed by atoms with Crippen LogP contribution in [0.1, 0.15) is 5.56 Å². The van der Waals surface area contributed by atoms with Gasteiger partial charge in [0, 0.05) is 69.5 Å². The molecule has 4 heterocycles. The third-order valence-electron chi connectivity index (χ3n) is 4.77. The van der Waals surface area contributed by atoms with Gasteiger partial charge in [-0.3, -0.25) is 24.2 Å². The summed E-state index contributed by atoms with van der Waals surface area (Å²) in [6.45, 7) is 3.36. The molecule has 8 heteroatoms. The third-order valence-corrected chi connectivity index (χ3v) is 4.77. The minimum Gasteiger partial charge on any atom is -0.346 e. The van der Waals surface area contributed by atoms with Crippen molar-refractivity contribution in [3.05, 3.63) is 36.3 Å². The van der Waals surface area contributed by atoms with Crippen LogP contribution >= 0.6 is 0 Å². The van der Waals surface area contributed by atoms with Gasteiger partial charge >= 0.3 is 11.8 Å². The van der Waals surface area contributed by atoms with Gasteiger partial charge in [-0.15, -0.1) is 0 Å². The lowest BCUT2D eigenvalue weighted by molar-refractivity contribution is -0.152. The predicted octanol–water partition coefficient (Wildman–Crippen LogP) is -0.375. The summed E-state index contributed by atoms with van der Waals surface area (Å²) in [5.41, 5.74) is 3.15. The van der Waals surface area contributed by atoms with Crippen LogP contribution in [0, 0.1) is 0 Å². The number of carbonyl (C=O) groups excluding carboxylic acids is 2. The number of carbonyl (C=O) groups is 2. The van der Waals surface area contributed by atoms with Crippen molar-refractivity contribution in [1.82, 2.24) is 29.9 Å². The first-order chi connectivity index (χ1) is 12.1. The number of pyridine rings is 1. The van der Waals surface area contributed by atoms with Crippen LogP contribution < -0.4 is 5.32 Å². The van der Waals surface area contributed by atoms with Crippen LogP contribution in [0.25, 0.3) is 11.3 Å². The topological polar surface area (TPSA) is 83.4 Å². The average molecular weight is 340 g/mol. The number of rotatable bonds is 3. The average Bonchev–Trinajstić information content (AvgIpc) is 2.99. The van der Waals surface area contributed by atoms with E-state index >= 15 is 0 Å². The smallest absolute Gasteiger partial charge is 0.312 e. The third kappa shape index (κ3) is 3.00. The molecule has 1 N–H and O–H groups in total. The molecular weight excluding hydrogens is 320 g/mol. The summed E-state index contributed by atoms with van der Waals surface area (Å²) in [5, 5.41) is 7.27. The number of nitrogens with one attached hydrogen (secondary N) is 1. The van der Waals surface area contributed by atoms with Crippen molar-refractivity contribution in [3.63, 3.8) is 0 Å². The number of hydrogen-bond donors (Lipinski definition) is 1. The first-order valence-electron chi connectivity index (χ1n) is 8.36. The number of nitrogens with zero attached hydrogens (tertiary/aromatic N) is 5. The molecule has 4 rings (SSSR count). The van der Waals surface area contributed by atoms with Crippen molar-refractivity contribution in [2.75, 3.05) is 26.2 Å². The van der Waals surface area contributed by atoms with Crippen molar-refractivity contribution < 1.29 is 9.59 Å². The summed E-state index contributed by atoms with van der Waals surface area (Å²) in [5.74, 6) is -0.897. The molecule has 0 radical (unpaired) electrons. The fraction of sp³-hybridized carbons (Fsp3) is 0.412. The summed E-state index contributed by atoms with van der Waals surface area (Å²) >= 11 is 0. The van der Waals surface area contributed by atoms with Crippen molar-refractivity contribution >= 4 is 11.8 Å². The van der Waals surface area contributed by atoms with Crippen molar-refractivity contribution in [3.8, 4) is 11.3 Å². The van der Waals surface area contributed by atoms with E-state index in [4.69, 9.17) is 0 Å². The first-order valence-corrected chi connectivity index (χ1v) is 8.36. The number of hydrogen-bond acceptors (Lipinski definition) is 5. The second-order valence-corrected chi connectivity index (χ2v) is 6.51. The van der Waals surface area contributed by atoms with Crippen molar-refractivity contribution in [2.45, 2.75) is 12.6 Å². The number of amides is 2. The highest BCUT2D eigenvalue weighted by atomic mass is 16.2. The Balaban J connectivity index is 1.51. The fourth-order valence-electron chi connectivity index (χ4n) is 3.57. The van der Waals surface area contributed by atoms with Gasteiger partial charge in [0.1, 0.15) is 0 Å². The molecule has 0 bridgehead atoms. The Morgan fingerprint density at radius 2 is 2.04 bits per heavy atom. The van der Waals surface area contributed by atoms with E-state index in [2.05, 4.69) is 20.3 Å². The van der Waals surface area contributed by atoms with Gasteiger partial charge in [0.2, 0.25) is 0 Å². The molecule has 2 aromatic rings. The van der Waals surface area contributed by atoms with Crippen LogP contribution in [-0.2, 0) is 23.2 Å². The molecule has 0 spiro atoms. The summed E-state index contributed by atoms with van der Waals surface area (Å²) in [4.78, 5) is 31.5. The number of aryl methyl sites for hydroxylation is 1. The van der Waals surface area contributed by atoms with E-state index in [1.807, 2.05) is 30.1 Å². The standard InChI is InChI=1S/C17H20N6O2/c1-21-9-13(15(20-21)12-2-4-18-5-3-12)10-22-6-7-23-14(11-22)8-19-16(24)17(23)25/h2-5,9,14H,6-8,10-11H2,1H3,(H,19,24)/t14-/m0/s1. The zero-order valence-corrected chi connectivity index (χ0v) is 14.1. The Kier molecular flexibility index (Phi) is 3.96. The van der Waals surface area contributed by atoms with Gasteiger partial charge in [-0.1, -0.05) is 0 Å². The molecule has 0 unspecified atom stereocenters. The van der Waals surface area contributed by atoms with Gasteiger partial charge < -0.3 is 10.2 Å². The Morgan fingerprint density at radius 1 is 1.24 bits per heavy atom. The number of fused-ring (bicyclic) bond motifs is 1. The quantitative estimate of drug-likeness (QED) is 0.771. The molecule has 0 aliphatic carbocycles. The summed E-state index contributed by atoms with van der Waals surface area (Å²) in [6, 6.07) is 3.96. The largest absolute Gasteiger partial charge is 0.346 e. The van der Waals surface area contributed by atoms with Crippen LogP contribution in [0.2, 0.25) is 0 Å². The van der Waals surface area contributed by atoms with Gasteiger partial charge in [-0.25, -0.2) is 0 Å². The van der Waals surface area contributed by atoms with E-state index in [0.717, 1.165) is 36.5 Å². The fourth-order valence-corrected chi connectivity index (χ4v) is 3.57. The van der Waals surface area contributed by atoms with E-state index < -0.39 is 11.8 Å². The first kappa shape index (κ1) is 15.8. The SMILES string of the molecule is Cn1cc(CN2CCN3C(=O)C(=O)NC[C@H]3C2)c(-c2ccncc2)n1. The Bertz CT molecular complexity index is 803. The number of piperazine rings is 2. The molecule has 25 heavy (non-hydrogen) atoms. The van der Waals surface area contributed by atoms with Gasteiger partial charge in [0.15, 0.2) is 0 Å². The Labute approximate surface area is 145 Å². The summed E-state index contributed by atoms with van der Waals surface area (Å²) < 4.78 is 1.83. The molecule has 2 aromatic heterocycles. The normalized spacial score (nSPS) is 21.2. The zero-order valence-electron chi connectivity index (χ0n) is 14.1. The van der Waals surface area contributed by atoms with E-state index in [0.29, 0.717) is 13.1 Å². The van der Waals surface area contributed by atoms with Crippen molar-refractivity contribution in [2.24, 2.45) is 7.05 Å². The maximum atomic E-state index is 11.9. The van der Waals surface area contributed by atoms with Crippen molar-refractivity contribution in [1.29, 1.82) is 0 Å². The zero-order chi connectivity index (χ0) is 17.4. The van der Waals surface area contributed by atoms with E-state index in [-0.39, 0.29) is 6.04 Å². The lowest BCUT2D eigenvalue weighted by Gasteiger charge is -2.43. The Hall–Kier alpha value is -2.74. The van der Waals surface area contributed by atoms with Crippen LogP contribution in [0.15, 0.2) is 30.7 Å². The molecule has 0 saturated carbocycles. The lowest BCUT2D eigenvalue weighted by Crippen LogP contribution is -2.65. The van der Waals surface area contributed by atoms with Gasteiger partial charge in [0.25, 0.3) is 0 Å². The molecule has 2 amide bonds. The molecule has 2 saturated heterocycles. The lowest BCUT2D eigenvalue weighted by atomic mass is 10.1. The minimum atomic E-state index is -0.489. The highest BCUT2D eigenvalue weighted by molar-refractivity contribution is 6.35. The Morgan fingerprint density at radius 3 is 2.84 bits per heavy atom.